The third-order valence-corrected chi connectivity index (χ3v) is 1.77. The zero-order valence-electron chi connectivity index (χ0n) is 5.26. The van der Waals surface area contributed by atoms with Gasteiger partial charge in [-0.25, -0.2) is 0 Å². The summed E-state index contributed by atoms with van der Waals surface area (Å²) in [4.78, 5) is 0. The van der Waals surface area contributed by atoms with Crippen molar-refractivity contribution in [3.05, 3.63) is 0 Å². The van der Waals surface area contributed by atoms with Gasteiger partial charge in [-0.15, -0.1) is 0 Å². The number of hydrogen-bond acceptors (Lipinski definition) is 2. The molecule has 0 aliphatic carbocycles. The smallest absolute Gasteiger partial charge is 0.0723 e. The fraction of sp³-hybridized carbons (Fsp3) is 1.00. The molecule has 1 aliphatic rings. The fourth-order valence-corrected chi connectivity index (χ4v) is 1.06. The Balaban J connectivity index is 2.30. The minimum Gasteiger partial charge on any atom is -0.377 e. The van der Waals surface area contributed by atoms with E-state index < -0.39 is 0 Å². The molecule has 1 rings (SSSR count). The Morgan fingerprint density at radius 1 is 1.75 bits per heavy atom. The van der Waals surface area contributed by atoms with E-state index in [0.717, 1.165) is 6.61 Å². The van der Waals surface area contributed by atoms with E-state index in [2.05, 4.69) is 6.92 Å². The van der Waals surface area contributed by atoms with E-state index in [1.807, 2.05) is 0 Å². The Hall–Kier alpha value is -0.0800. The minimum absolute atomic E-state index is 0.343. The molecule has 0 aromatic carbocycles. The van der Waals surface area contributed by atoms with E-state index in [1.165, 1.54) is 6.42 Å². The summed E-state index contributed by atoms with van der Waals surface area (Å²) in [7, 11) is 0. The maximum absolute atomic E-state index is 5.40. The molecule has 8 heavy (non-hydrogen) atoms. The quantitative estimate of drug-likeness (QED) is 0.536. The van der Waals surface area contributed by atoms with Crippen LogP contribution in [0.1, 0.15) is 13.3 Å². The highest BCUT2D eigenvalue weighted by molar-refractivity contribution is 4.72. The van der Waals surface area contributed by atoms with Crippen LogP contribution in [0.2, 0.25) is 0 Å². The molecule has 0 spiro atoms. The molecule has 2 nitrogen and oxygen atoms in total. The summed E-state index contributed by atoms with van der Waals surface area (Å²) in [6.07, 6.45) is 1.52. The molecule has 0 unspecified atom stereocenters. The first-order chi connectivity index (χ1) is 3.84. The van der Waals surface area contributed by atoms with Crippen LogP contribution in [-0.2, 0) is 4.74 Å². The van der Waals surface area contributed by atoms with Crippen LogP contribution < -0.4 is 5.73 Å². The molecule has 1 aliphatic heterocycles. The third kappa shape index (κ3) is 1.01. The molecule has 2 N–H and O–H groups in total. The van der Waals surface area contributed by atoms with Gasteiger partial charge in [0.1, 0.15) is 0 Å². The first-order valence-corrected chi connectivity index (χ1v) is 3.16. The maximum atomic E-state index is 5.40. The van der Waals surface area contributed by atoms with Crippen LogP contribution in [0.3, 0.4) is 0 Å². The van der Waals surface area contributed by atoms with E-state index in [0.29, 0.717) is 18.6 Å². The summed E-state index contributed by atoms with van der Waals surface area (Å²) in [5.41, 5.74) is 5.40. The van der Waals surface area contributed by atoms with Gasteiger partial charge in [-0.1, -0.05) is 6.92 Å². The van der Waals surface area contributed by atoms with E-state index in [4.69, 9.17) is 10.5 Å². The van der Waals surface area contributed by atoms with Gasteiger partial charge in [0.05, 0.1) is 6.10 Å². The highest BCUT2D eigenvalue weighted by Gasteiger charge is 2.21. The van der Waals surface area contributed by atoms with Gasteiger partial charge < -0.3 is 10.5 Å². The molecule has 0 saturated carbocycles. The Labute approximate surface area is 50.0 Å². The van der Waals surface area contributed by atoms with Gasteiger partial charge in [0.25, 0.3) is 0 Å². The van der Waals surface area contributed by atoms with Crippen molar-refractivity contribution in [1.29, 1.82) is 0 Å². The van der Waals surface area contributed by atoms with Crippen molar-refractivity contribution in [3.8, 4) is 0 Å². The number of ether oxygens (including phenoxy) is 1. The second kappa shape index (κ2) is 2.46. The molecular formula is C6H13NO. The van der Waals surface area contributed by atoms with Crippen molar-refractivity contribution in [2.45, 2.75) is 19.4 Å². The zero-order chi connectivity index (χ0) is 5.98. The summed E-state index contributed by atoms with van der Waals surface area (Å²) in [5, 5.41) is 0. The van der Waals surface area contributed by atoms with Crippen LogP contribution in [-0.4, -0.2) is 19.3 Å². The molecule has 48 valence electrons. The molecule has 0 radical (unpaired) electrons. The van der Waals surface area contributed by atoms with Gasteiger partial charge in [0.15, 0.2) is 0 Å². The lowest BCUT2D eigenvalue weighted by Gasteiger charge is -2.09. The lowest BCUT2D eigenvalue weighted by Crippen LogP contribution is -2.23. The van der Waals surface area contributed by atoms with Gasteiger partial charge in [0, 0.05) is 13.2 Å². The predicted octanol–water partition coefficient (Wildman–Crippen LogP) is 0.370. The van der Waals surface area contributed by atoms with E-state index in [9.17, 15) is 0 Å². The Kier molecular flexibility index (Phi) is 1.86. The molecule has 0 aromatic rings. The molecule has 0 aromatic heterocycles. The van der Waals surface area contributed by atoms with Gasteiger partial charge in [-0.2, -0.15) is 0 Å². The van der Waals surface area contributed by atoms with Crippen molar-refractivity contribution >= 4 is 0 Å². The topological polar surface area (TPSA) is 35.2 Å². The number of hydrogen-bond donors (Lipinski definition) is 1. The van der Waals surface area contributed by atoms with Crippen LogP contribution in [0.25, 0.3) is 0 Å². The zero-order valence-corrected chi connectivity index (χ0v) is 5.26. The summed E-state index contributed by atoms with van der Waals surface area (Å²) in [6.45, 7) is 3.77. The standard InChI is InChI=1S/C6H13NO/c1-5-2-3-8-6(5)4-7/h5-6H,2-4,7H2,1H3/t5-,6-/m0/s1. The average molecular weight is 115 g/mol. The van der Waals surface area contributed by atoms with Crippen LogP contribution >= 0.6 is 0 Å². The summed E-state index contributed by atoms with van der Waals surface area (Å²) >= 11 is 0. The Morgan fingerprint density at radius 3 is 2.75 bits per heavy atom. The van der Waals surface area contributed by atoms with Crippen LogP contribution in [0.15, 0.2) is 0 Å². The number of nitrogens with two attached hydrogens (primary N) is 1. The van der Waals surface area contributed by atoms with E-state index in [1.54, 1.807) is 0 Å². The molecule has 1 heterocycles. The monoisotopic (exact) mass is 115 g/mol. The van der Waals surface area contributed by atoms with Gasteiger partial charge >= 0.3 is 0 Å². The normalized spacial score (nSPS) is 38.2. The molecule has 1 fully saturated rings. The van der Waals surface area contributed by atoms with E-state index in [-0.39, 0.29) is 0 Å². The van der Waals surface area contributed by atoms with Crippen LogP contribution in [0.4, 0.5) is 0 Å². The van der Waals surface area contributed by atoms with Crippen molar-refractivity contribution < 1.29 is 4.74 Å². The van der Waals surface area contributed by atoms with E-state index >= 15 is 0 Å². The van der Waals surface area contributed by atoms with Crippen LogP contribution in [0.5, 0.6) is 0 Å². The Bertz CT molecular complexity index is 74.9. The first-order valence-electron chi connectivity index (χ1n) is 3.16. The molecular weight excluding hydrogens is 102 g/mol. The second-order valence-corrected chi connectivity index (χ2v) is 2.41. The minimum atomic E-state index is 0.343. The molecule has 2 heteroatoms. The highest BCUT2D eigenvalue weighted by Crippen LogP contribution is 2.18. The molecule has 0 amide bonds. The van der Waals surface area contributed by atoms with Gasteiger partial charge in [-0.3, -0.25) is 0 Å². The Morgan fingerprint density at radius 2 is 2.50 bits per heavy atom. The largest absolute Gasteiger partial charge is 0.377 e. The molecule has 1 saturated heterocycles. The summed E-state index contributed by atoms with van der Waals surface area (Å²) < 4.78 is 5.29. The SMILES string of the molecule is C[C@H]1CCO[C@H]1CN. The van der Waals surface area contributed by atoms with Crippen molar-refractivity contribution in [2.24, 2.45) is 11.7 Å². The lowest BCUT2D eigenvalue weighted by atomic mass is 10.1. The molecule has 0 bridgehead atoms. The molecule has 2 atom stereocenters. The lowest BCUT2D eigenvalue weighted by molar-refractivity contribution is 0.101. The average Bonchev–Trinajstić information content (AvgIpc) is 2.14. The van der Waals surface area contributed by atoms with Gasteiger partial charge in [-0.05, 0) is 12.3 Å². The van der Waals surface area contributed by atoms with Gasteiger partial charge in [0.2, 0.25) is 0 Å². The van der Waals surface area contributed by atoms with Crippen molar-refractivity contribution in [1.82, 2.24) is 0 Å². The highest BCUT2D eigenvalue weighted by atomic mass is 16.5. The summed E-state index contributed by atoms with van der Waals surface area (Å²) in [6, 6.07) is 0. The number of rotatable bonds is 1. The second-order valence-electron chi connectivity index (χ2n) is 2.41. The van der Waals surface area contributed by atoms with Crippen molar-refractivity contribution in [2.75, 3.05) is 13.2 Å². The summed E-state index contributed by atoms with van der Waals surface area (Å²) in [5.74, 6) is 0.681. The predicted molar refractivity (Wildman–Crippen MR) is 32.6 cm³/mol. The van der Waals surface area contributed by atoms with Crippen LogP contribution in [0, 0.1) is 5.92 Å². The third-order valence-electron chi connectivity index (χ3n) is 1.77. The fourth-order valence-electron chi connectivity index (χ4n) is 1.06. The maximum Gasteiger partial charge on any atom is 0.0723 e. The first kappa shape index (κ1) is 6.05. The van der Waals surface area contributed by atoms with Crippen molar-refractivity contribution in [3.63, 3.8) is 0 Å².